The molecule has 1 aromatic rings. The second kappa shape index (κ2) is 5.74. The van der Waals surface area contributed by atoms with E-state index < -0.39 is 0 Å². The van der Waals surface area contributed by atoms with Crippen LogP contribution in [-0.2, 0) is 0 Å². The summed E-state index contributed by atoms with van der Waals surface area (Å²) in [6, 6.07) is 6.44. The minimum Gasteiger partial charge on any atom is -0.497 e. The van der Waals surface area contributed by atoms with Crippen molar-refractivity contribution in [3.05, 3.63) is 22.7 Å². The summed E-state index contributed by atoms with van der Waals surface area (Å²) in [6.07, 6.45) is 3.72. The fraction of sp³-hybridized carbons (Fsp3) is 0.538. The molecule has 0 radical (unpaired) electrons. The molecule has 17 heavy (non-hydrogen) atoms. The minimum absolute atomic E-state index is 0.106. The first kappa shape index (κ1) is 12.7. The Kier molecular flexibility index (Phi) is 4.29. The molecule has 1 aliphatic rings. The fourth-order valence-corrected chi connectivity index (χ4v) is 2.69. The molecule has 4 heteroatoms. The van der Waals surface area contributed by atoms with Gasteiger partial charge in [-0.3, -0.25) is 0 Å². The number of nitrogens with one attached hydrogen (secondary N) is 1. The summed E-state index contributed by atoms with van der Waals surface area (Å²) in [6.45, 7) is 0. The SMILES string of the molecule is COc1cc(Br)cc(NC2CCC(O)CC2)c1. The van der Waals surface area contributed by atoms with Crippen molar-refractivity contribution in [3.8, 4) is 5.75 Å². The highest BCUT2D eigenvalue weighted by atomic mass is 79.9. The Morgan fingerprint density at radius 1 is 1.24 bits per heavy atom. The van der Waals surface area contributed by atoms with Crippen LogP contribution in [0.25, 0.3) is 0 Å². The van der Waals surface area contributed by atoms with Crippen LogP contribution in [0.15, 0.2) is 22.7 Å². The molecule has 2 rings (SSSR count). The van der Waals surface area contributed by atoms with Gasteiger partial charge in [0, 0.05) is 22.3 Å². The predicted molar refractivity (Wildman–Crippen MR) is 72.6 cm³/mol. The lowest BCUT2D eigenvalue weighted by Gasteiger charge is -2.27. The van der Waals surface area contributed by atoms with E-state index in [1.807, 2.05) is 18.2 Å². The quantitative estimate of drug-likeness (QED) is 0.901. The monoisotopic (exact) mass is 299 g/mol. The number of methoxy groups -OCH3 is 1. The van der Waals surface area contributed by atoms with E-state index in [-0.39, 0.29) is 6.10 Å². The van der Waals surface area contributed by atoms with Crippen molar-refractivity contribution in [2.24, 2.45) is 0 Å². The van der Waals surface area contributed by atoms with Gasteiger partial charge in [-0.05, 0) is 37.8 Å². The third-order valence-corrected chi connectivity index (χ3v) is 3.63. The van der Waals surface area contributed by atoms with Crippen molar-refractivity contribution in [1.29, 1.82) is 0 Å². The zero-order valence-electron chi connectivity index (χ0n) is 9.95. The van der Waals surface area contributed by atoms with Crippen LogP contribution in [-0.4, -0.2) is 24.4 Å². The molecule has 1 saturated carbocycles. The highest BCUT2D eigenvalue weighted by Gasteiger charge is 2.19. The van der Waals surface area contributed by atoms with Gasteiger partial charge in [-0.25, -0.2) is 0 Å². The van der Waals surface area contributed by atoms with Crippen LogP contribution in [0.1, 0.15) is 25.7 Å². The summed E-state index contributed by atoms with van der Waals surface area (Å²) in [5.74, 6) is 0.845. The second-order valence-corrected chi connectivity index (χ2v) is 5.45. The van der Waals surface area contributed by atoms with Gasteiger partial charge in [0.1, 0.15) is 5.75 Å². The van der Waals surface area contributed by atoms with Gasteiger partial charge in [0.25, 0.3) is 0 Å². The Bertz CT molecular complexity index is 376. The Morgan fingerprint density at radius 2 is 1.94 bits per heavy atom. The number of aliphatic hydroxyl groups is 1. The van der Waals surface area contributed by atoms with Gasteiger partial charge in [0.2, 0.25) is 0 Å². The summed E-state index contributed by atoms with van der Waals surface area (Å²) in [7, 11) is 1.67. The molecule has 0 aromatic heterocycles. The maximum atomic E-state index is 9.46. The van der Waals surface area contributed by atoms with Crippen molar-refractivity contribution < 1.29 is 9.84 Å². The van der Waals surface area contributed by atoms with Gasteiger partial charge < -0.3 is 15.2 Å². The first-order valence-corrected chi connectivity index (χ1v) is 6.76. The van der Waals surface area contributed by atoms with E-state index in [9.17, 15) is 5.11 Å². The van der Waals surface area contributed by atoms with Crippen LogP contribution < -0.4 is 10.1 Å². The van der Waals surface area contributed by atoms with E-state index in [0.29, 0.717) is 6.04 Å². The largest absolute Gasteiger partial charge is 0.497 e. The maximum absolute atomic E-state index is 9.46. The molecule has 2 N–H and O–H groups in total. The van der Waals surface area contributed by atoms with Crippen LogP contribution >= 0.6 is 15.9 Å². The first-order valence-electron chi connectivity index (χ1n) is 5.96. The second-order valence-electron chi connectivity index (χ2n) is 4.53. The molecule has 3 nitrogen and oxygen atoms in total. The number of ether oxygens (including phenoxy) is 1. The van der Waals surface area contributed by atoms with Gasteiger partial charge >= 0.3 is 0 Å². The topological polar surface area (TPSA) is 41.5 Å². The molecule has 1 fully saturated rings. The average molecular weight is 300 g/mol. The van der Waals surface area contributed by atoms with Crippen molar-refractivity contribution in [2.45, 2.75) is 37.8 Å². The molecule has 1 aromatic carbocycles. The molecule has 0 amide bonds. The van der Waals surface area contributed by atoms with Gasteiger partial charge in [-0.2, -0.15) is 0 Å². The van der Waals surface area contributed by atoms with Crippen molar-refractivity contribution >= 4 is 21.6 Å². The van der Waals surface area contributed by atoms with E-state index in [1.54, 1.807) is 7.11 Å². The smallest absolute Gasteiger partial charge is 0.122 e. The molecule has 0 heterocycles. The number of anilines is 1. The summed E-state index contributed by atoms with van der Waals surface area (Å²) < 4.78 is 6.24. The summed E-state index contributed by atoms with van der Waals surface area (Å²) in [5.41, 5.74) is 1.07. The maximum Gasteiger partial charge on any atom is 0.122 e. The summed E-state index contributed by atoms with van der Waals surface area (Å²) in [5, 5.41) is 13.0. The fourth-order valence-electron chi connectivity index (χ4n) is 2.22. The molecule has 1 aliphatic carbocycles. The van der Waals surface area contributed by atoms with Crippen molar-refractivity contribution in [2.75, 3.05) is 12.4 Å². The summed E-state index contributed by atoms with van der Waals surface area (Å²) >= 11 is 3.47. The van der Waals surface area contributed by atoms with E-state index in [4.69, 9.17) is 4.74 Å². The van der Waals surface area contributed by atoms with Gasteiger partial charge in [-0.15, -0.1) is 0 Å². The van der Waals surface area contributed by atoms with E-state index in [0.717, 1.165) is 41.6 Å². The van der Waals surface area contributed by atoms with Gasteiger partial charge in [0.05, 0.1) is 13.2 Å². The first-order chi connectivity index (χ1) is 8.17. The predicted octanol–water partition coefficient (Wildman–Crippen LogP) is 3.17. The molecule has 0 unspecified atom stereocenters. The van der Waals surface area contributed by atoms with E-state index in [2.05, 4.69) is 21.2 Å². The Labute approximate surface area is 110 Å². The molecular weight excluding hydrogens is 282 g/mol. The van der Waals surface area contributed by atoms with Gasteiger partial charge in [-0.1, -0.05) is 15.9 Å². The van der Waals surface area contributed by atoms with Crippen LogP contribution in [0.3, 0.4) is 0 Å². The third kappa shape index (κ3) is 3.61. The number of hydrogen-bond acceptors (Lipinski definition) is 3. The zero-order chi connectivity index (χ0) is 12.3. The molecule has 0 aliphatic heterocycles. The Morgan fingerprint density at radius 3 is 2.59 bits per heavy atom. The minimum atomic E-state index is -0.106. The third-order valence-electron chi connectivity index (χ3n) is 3.17. The Balaban J connectivity index is 2.00. The van der Waals surface area contributed by atoms with Crippen LogP contribution in [0.4, 0.5) is 5.69 Å². The lowest BCUT2D eigenvalue weighted by atomic mass is 9.93. The number of benzene rings is 1. The lowest BCUT2D eigenvalue weighted by Crippen LogP contribution is -2.28. The van der Waals surface area contributed by atoms with Gasteiger partial charge in [0.15, 0.2) is 0 Å². The lowest BCUT2D eigenvalue weighted by molar-refractivity contribution is 0.126. The molecular formula is C13H18BrNO2. The molecule has 0 bridgehead atoms. The van der Waals surface area contributed by atoms with E-state index >= 15 is 0 Å². The summed E-state index contributed by atoms with van der Waals surface area (Å²) in [4.78, 5) is 0. The van der Waals surface area contributed by atoms with Crippen molar-refractivity contribution in [1.82, 2.24) is 0 Å². The highest BCUT2D eigenvalue weighted by molar-refractivity contribution is 9.10. The van der Waals surface area contributed by atoms with E-state index in [1.165, 1.54) is 0 Å². The van der Waals surface area contributed by atoms with Crippen LogP contribution in [0.2, 0.25) is 0 Å². The van der Waals surface area contributed by atoms with Crippen LogP contribution in [0, 0.1) is 0 Å². The molecule has 0 saturated heterocycles. The normalized spacial score (nSPS) is 24.4. The molecule has 0 atom stereocenters. The van der Waals surface area contributed by atoms with Crippen LogP contribution in [0.5, 0.6) is 5.75 Å². The number of rotatable bonds is 3. The standard InChI is InChI=1S/C13H18BrNO2/c1-17-13-7-9(14)6-11(8-13)15-10-2-4-12(16)5-3-10/h6-8,10,12,15-16H,2-5H2,1H3. The zero-order valence-corrected chi connectivity index (χ0v) is 11.5. The number of halogens is 1. The highest BCUT2D eigenvalue weighted by Crippen LogP contribution is 2.27. The molecule has 0 spiro atoms. The van der Waals surface area contributed by atoms with Crippen molar-refractivity contribution in [3.63, 3.8) is 0 Å². The molecule has 94 valence electrons. The average Bonchev–Trinajstić information content (AvgIpc) is 2.31. The number of hydrogen-bond donors (Lipinski definition) is 2. The Hall–Kier alpha value is -0.740. The number of aliphatic hydroxyl groups excluding tert-OH is 1.